The highest BCUT2D eigenvalue weighted by Crippen LogP contribution is 2.25. The maximum atomic E-state index is 13.4. The van der Waals surface area contributed by atoms with Crippen LogP contribution in [0, 0.1) is 5.82 Å². The number of hydrogen-bond acceptors (Lipinski definition) is 4. The monoisotopic (exact) mass is 501 g/mol. The van der Waals surface area contributed by atoms with Gasteiger partial charge in [0.2, 0.25) is 5.91 Å². The van der Waals surface area contributed by atoms with Crippen molar-refractivity contribution in [3.8, 4) is 11.3 Å². The van der Waals surface area contributed by atoms with Crippen LogP contribution in [0.5, 0.6) is 0 Å². The molecule has 37 heavy (non-hydrogen) atoms. The van der Waals surface area contributed by atoms with Crippen LogP contribution in [0.25, 0.3) is 16.9 Å². The summed E-state index contributed by atoms with van der Waals surface area (Å²) >= 11 is 0. The van der Waals surface area contributed by atoms with Crippen molar-refractivity contribution in [1.29, 1.82) is 0 Å². The first-order chi connectivity index (χ1) is 18.0. The lowest BCUT2D eigenvalue weighted by atomic mass is 10.1. The van der Waals surface area contributed by atoms with Gasteiger partial charge in [0.1, 0.15) is 23.7 Å². The summed E-state index contributed by atoms with van der Waals surface area (Å²) in [6.07, 6.45) is 2.29. The Morgan fingerprint density at radius 3 is 2.57 bits per heavy atom. The SMILES string of the molecule is CCCCN1Cc2c(n(CC(=O)NCCc3ccc(F)cc3)c3cc(-c4ccccc4)nn3c2=O)C1=O. The summed E-state index contributed by atoms with van der Waals surface area (Å²) in [5, 5.41) is 7.42. The third kappa shape index (κ3) is 4.89. The lowest BCUT2D eigenvalue weighted by Crippen LogP contribution is -2.33. The molecule has 0 unspecified atom stereocenters. The highest BCUT2D eigenvalue weighted by molar-refractivity contribution is 5.98. The molecule has 0 fully saturated rings. The Balaban J connectivity index is 1.47. The van der Waals surface area contributed by atoms with E-state index in [0.29, 0.717) is 36.4 Å². The second kappa shape index (κ2) is 10.4. The van der Waals surface area contributed by atoms with Crippen molar-refractivity contribution in [1.82, 2.24) is 24.4 Å². The number of rotatable bonds is 9. The van der Waals surface area contributed by atoms with E-state index in [-0.39, 0.29) is 42.0 Å². The Bertz CT molecular complexity index is 1510. The average Bonchev–Trinajstić information content (AvgIpc) is 3.50. The van der Waals surface area contributed by atoms with Gasteiger partial charge in [-0.15, -0.1) is 0 Å². The molecule has 0 saturated heterocycles. The van der Waals surface area contributed by atoms with Crippen molar-refractivity contribution >= 4 is 17.5 Å². The molecule has 2 aromatic heterocycles. The number of carbonyl (C=O) groups is 2. The third-order valence-electron chi connectivity index (χ3n) is 6.61. The van der Waals surface area contributed by atoms with Crippen molar-refractivity contribution < 1.29 is 14.0 Å². The first-order valence-electron chi connectivity index (χ1n) is 12.5. The predicted molar refractivity (Wildman–Crippen MR) is 138 cm³/mol. The van der Waals surface area contributed by atoms with E-state index in [2.05, 4.69) is 10.4 Å². The highest BCUT2D eigenvalue weighted by Gasteiger charge is 2.34. The summed E-state index contributed by atoms with van der Waals surface area (Å²) in [6.45, 7) is 3.01. The molecule has 0 saturated carbocycles. The average molecular weight is 502 g/mol. The van der Waals surface area contributed by atoms with Crippen molar-refractivity contribution in [2.24, 2.45) is 0 Å². The molecule has 3 heterocycles. The van der Waals surface area contributed by atoms with Crippen LogP contribution in [0.15, 0.2) is 65.5 Å². The number of aromatic nitrogens is 3. The normalized spacial score (nSPS) is 12.8. The molecule has 1 aliphatic heterocycles. The predicted octanol–water partition coefficient (Wildman–Crippen LogP) is 3.42. The van der Waals surface area contributed by atoms with Crippen molar-refractivity contribution in [3.63, 3.8) is 0 Å². The zero-order valence-electron chi connectivity index (χ0n) is 20.6. The minimum atomic E-state index is -0.340. The van der Waals surface area contributed by atoms with Crippen LogP contribution in [-0.2, 0) is 24.3 Å². The van der Waals surface area contributed by atoms with Gasteiger partial charge >= 0.3 is 0 Å². The molecule has 5 rings (SSSR count). The Hall–Kier alpha value is -4.27. The van der Waals surface area contributed by atoms with Crippen molar-refractivity contribution in [3.05, 3.63) is 93.7 Å². The Morgan fingerprint density at radius 1 is 1.08 bits per heavy atom. The van der Waals surface area contributed by atoms with Crippen LogP contribution >= 0.6 is 0 Å². The van der Waals surface area contributed by atoms with Gasteiger partial charge < -0.3 is 14.8 Å². The second-order valence-corrected chi connectivity index (χ2v) is 9.19. The van der Waals surface area contributed by atoms with Crippen LogP contribution in [0.3, 0.4) is 0 Å². The maximum absolute atomic E-state index is 13.4. The van der Waals surface area contributed by atoms with Gasteiger partial charge in [0.05, 0.1) is 17.8 Å². The number of hydrogen-bond donors (Lipinski definition) is 1. The number of unbranched alkanes of at least 4 members (excludes halogenated alkanes) is 1. The van der Waals surface area contributed by atoms with Gasteiger partial charge in [-0.05, 0) is 30.5 Å². The van der Waals surface area contributed by atoms with E-state index in [0.717, 1.165) is 24.0 Å². The number of benzene rings is 2. The molecule has 0 atom stereocenters. The molecule has 4 aromatic rings. The van der Waals surface area contributed by atoms with Gasteiger partial charge in [0.15, 0.2) is 0 Å². The molecular formula is C28H28FN5O3. The maximum Gasteiger partial charge on any atom is 0.280 e. The largest absolute Gasteiger partial charge is 0.354 e. The summed E-state index contributed by atoms with van der Waals surface area (Å²) in [4.78, 5) is 41.4. The Kier molecular flexibility index (Phi) is 6.85. The van der Waals surface area contributed by atoms with Crippen molar-refractivity contribution in [2.45, 2.75) is 39.3 Å². The molecule has 0 spiro atoms. The topological polar surface area (TPSA) is 88.7 Å². The zero-order valence-corrected chi connectivity index (χ0v) is 20.6. The fourth-order valence-electron chi connectivity index (χ4n) is 4.66. The molecule has 0 aliphatic carbocycles. The first kappa shape index (κ1) is 24.4. The first-order valence-corrected chi connectivity index (χ1v) is 12.5. The summed E-state index contributed by atoms with van der Waals surface area (Å²) in [5.74, 6) is -0.848. The molecule has 8 nitrogen and oxygen atoms in total. The molecule has 190 valence electrons. The molecule has 1 aliphatic rings. The van der Waals surface area contributed by atoms with E-state index in [1.165, 1.54) is 16.6 Å². The number of nitrogens with one attached hydrogen (secondary N) is 1. The van der Waals surface area contributed by atoms with Gasteiger partial charge in [-0.25, -0.2) is 4.39 Å². The van der Waals surface area contributed by atoms with Crippen molar-refractivity contribution in [2.75, 3.05) is 13.1 Å². The second-order valence-electron chi connectivity index (χ2n) is 9.19. The van der Waals surface area contributed by atoms with Gasteiger partial charge in [0, 0.05) is 24.7 Å². The van der Waals surface area contributed by atoms with Crippen LogP contribution in [0.2, 0.25) is 0 Å². The molecular weight excluding hydrogens is 473 g/mol. The molecule has 1 N–H and O–H groups in total. The molecule has 9 heteroatoms. The number of carbonyl (C=O) groups excluding carboxylic acids is 2. The summed E-state index contributed by atoms with van der Waals surface area (Å²) in [5.41, 5.74) is 2.98. The zero-order chi connectivity index (χ0) is 25.9. The Morgan fingerprint density at radius 2 is 1.84 bits per heavy atom. The number of nitrogens with zero attached hydrogens (tertiary/aromatic N) is 4. The van der Waals surface area contributed by atoms with Gasteiger partial charge in [-0.1, -0.05) is 55.8 Å². The van der Waals surface area contributed by atoms with Gasteiger partial charge in [-0.3, -0.25) is 14.4 Å². The van der Waals surface area contributed by atoms with E-state index < -0.39 is 0 Å². The molecule has 0 radical (unpaired) electrons. The van der Waals surface area contributed by atoms with E-state index in [1.807, 2.05) is 37.3 Å². The molecule has 2 aromatic carbocycles. The molecule has 2 amide bonds. The van der Waals surface area contributed by atoms with E-state index in [4.69, 9.17) is 0 Å². The van der Waals surface area contributed by atoms with E-state index in [9.17, 15) is 18.8 Å². The lowest BCUT2D eigenvalue weighted by Gasteiger charge is -2.16. The molecule has 0 bridgehead atoms. The minimum Gasteiger partial charge on any atom is -0.354 e. The summed E-state index contributed by atoms with van der Waals surface area (Å²) in [7, 11) is 0. The third-order valence-corrected chi connectivity index (χ3v) is 6.61. The van der Waals surface area contributed by atoms with E-state index in [1.54, 1.807) is 27.7 Å². The Labute approximate surface area is 213 Å². The van der Waals surface area contributed by atoms with Gasteiger partial charge in [0.25, 0.3) is 11.5 Å². The summed E-state index contributed by atoms with van der Waals surface area (Å²) in [6, 6.07) is 17.3. The number of fused-ring (bicyclic) bond motifs is 2. The van der Waals surface area contributed by atoms with E-state index >= 15 is 0 Å². The van der Waals surface area contributed by atoms with Gasteiger partial charge in [-0.2, -0.15) is 9.61 Å². The van der Waals surface area contributed by atoms with Crippen LogP contribution in [-0.4, -0.2) is 44.0 Å². The lowest BCUT2D eigenvalue weighted by molar-refractivity contribution is -0.121. The number of amides is 2. The quantitative estimate of drug-likeness (QED) is 0.381. The highest BCUT2D eigenvalue weighted by atomic mass is 19.1. The van der Waals surface area contributed by atoms with Crippen LogP contribution < -0.4 is 10.9 Å². The summed E-state index contributed by atoms with van der Waals surface area (Å²) < 4.78 is 16.1. The minimum absolute atomic E-state index is 0.136. The number of halogens is 1. The fraction of sp³-hybridized carbons (Fsp3) is 0.286. The van der Waals surface area contributed by atoms with Crippen LogP contribution in [0.4, 0.5) is 4.39 Å². The van der Waals surface area contributed by atoms with Crippen LogP contribution in [0.1, 0.15) is 41.4 Å². The fourth-order valence-corrected chi connectivity index (χ4v) is 4.66. The standard InChI is InChI=1S/C28H28FN5O3/c1-2-3-15-32-17-22-26(28(32)37)33(18-24(35)30-14-13-19-9-11-21(29)12-10-19)25-16-23(31-34(25)27(22)36)20-7-5-4-6-8-20/h4-12,16H,2-3,13-15,17-18H2,1H3,(H,30,35). The smallest absolute Gasteiger partial charge is 0.280 e.